The summed E-state index contributed by atoms with van der Waals surface area (Å²) in [6.45, 7) is 5.46. The van der Waals surface area contributed by atoms with E-state index in [9.17, 15) is 9.59 Å². The van der Waals surface area contributed by atoms with Crippen molar-refractivity contribution in [3.8, 4) is 11.4 Å². The molecule has 0 amide bonds. The predicted octanol–water partition coefficient (Wildman–Crippen LogP) is 5.09. The van der Waals surface area contributed by atoms with Gasteiger partial charge in [0.1, 0.15) is 11.4 Å². The second-order valence-electron chi connectivity index (χ2n) is 7.46. The van der Waals surface area contributed by atoms with E-state index in [2.05, 4.69) is 25.9 Å². The molecule has 28 heavy (non-hydrogen) atoms. The lowest BCUT2D eigenvalue weighted by molar-refractivity contribution is 0.0544. The molecule has 6 nitrogen and oxygen atoms in total. The smallest absolute Gasteiger partial charge is 0.419 e. The van der Waals surface area contributed by atoms with Crippen LogP contribution in [-0.4, -0.2) is 26.2 Å². The summed E-state index contributed by atoms with van der Waals surface area (Å²) >= 11 is 3.53. The summed E-state index contributed by atoms with van der Waals surface area (Å²) < 4.78 is 7.66. The number of carbonyl (C=O) groups is 1. The lowest BCUT2D eigenvalue weighted by Crippen LogP contribution is -2.26. The van der Waals surface area contributed by atoms with Crippen LogP contribution in [0.5, 0.6) is 0 Å². The van der Waals surface area contributed by atoms with E-state index in [0.717, 1.165) is 10.9 Å². The zero-order chi connectivity index (χ0) is 20.1. The van der Waals surface area contributed by atoms with Gasteiger partial charge >= 0.3 is 6.09 Å². The molecule has 0 atom stereocenters. The number of hydrogen-bond acceptors (Lipinski definition) is 4. The van der Waals surface area contributed by atoms with Gasteiger partial charge in [0, 0.05) is 21.6 Å². The molecule has 1 N–H and O–H groups in total. The van der Waals surface area contributed by atoms with Gasteiger partial charge in [0.05, 0.1) is 16.4 Å². The number of nitrogens with zero attached hydrogens (tertiary/aromatic N) is 2. The number of carbonyl (C=O) groups excluding carboxylic acids is 1. The molecule has 0 unspecified atom stereocenters. The molecule has 7 heteroatoms. The van der Waals surface area contributed by atoms with E-state index in [-0.39, 0.29) is 5.56 Å². The van der Waals surface area contributed by atoms with Crippen LogP contribution in [0.2, 0.25) is 0 Å². The molecule has 142 valence electrons. The molecule has 0 fully saturated rings. The zero-order valence-electron chi connectivity index (χ0n) is 15.6. The van der Waals surface area contributed by atoms with Crippen LogP contribution >= 0.6 is 15.9 Å². The average Bonchev–Trinajstić information content (AvgIpc) is 2.97. The van der Waals surface area contributed by atoms with Gasteiger partial charge in [0.25, 0.3) is 5.56 Å². The van der Waals surface area contributed by atoms with Crippen LogP contribution in [0.15, 0.2) is 57.9 Å². The Labute approximate surface area is 169 Å². The first-order valence-corrected chi connectivity index (χ1v) is 9.56. The largest absolute Gasteiger partial charge is 0.443 e. The van der Waals surface area contributed by atoms with Crippen LogP contribution in [0.4, 0.5) is 4.79 Å². The lowest BCUT2D eigenvalue weighted by atomic mass is 10.1. The van der Waals surface area contributed by atoms with Gasteiger partial charge in [-0.3, -0.25) is 9.36 Å². The van der Waals surface area contributed by atoms with Gasteiger partial charge in [-0.15, -0.1) is 0 Å². The van der Waals surface area contributed by atoms with Crippen LogP contribution < -0.4 is 5.56 Å². The van der Waals surface area contributed by atoms with Crippen LogP contribution in [0, 0.1) is 0 Å². The van der Waals surface area contributed by atoms with E-state index in [0.29, 0.717) is 26.7 Å². The highest BCUT2D eigenvalue weighted by Crippen LogP contribution is 2.34. The van der Waals surface area contributed by atoms with Gasteiger partial charge in [-0.25, -0.2) is 9.78 Å². The molecule has 0 spiro atoms. The number of halogens is 1. The van der Waals surface area contributed by atoms with E-state index in [4.69, 9.17) is 4.74 Å². The van der Waals surface area contributed by atoms with Crippen LogP contribution in [-0.2, 0) is 4.74 Å². The Morgan fingerprint density at radius 1 is 1.14 bits per heavy atom. The first-order valence-electron chi connectivity index (χ1n) is 8.77. The first kappa shape index (κ1) is 18.4. The highest BCUT2D eigenvalue weighted by molar-refractivity contribution is 9.10. The van der Waals surface area contributed by atoms with Crippen LogP contribution in [0.3, 0.4) is 0 Å². The third-order valence-electron chi connectivity index (χ3n) is 4.24. The minimum Gasteiger partial charge on any atom is -0.443 e. The maximum atomic E-state index is 12.6. The van der Waals surface area contributed by atoms with Crippen molar-refractivity contribution in [3.63, 3.8) is 0 Å². The fourth-order valence-corrected chi connectivity index (χ4v) is 3.73. The van der Waals surface area contributed by atoms with Gasteiger partial charge in [0.15, 0.2) is 0 Å². The van der Waals surface area contributed by atoms with Crippen molar-refractivity contribution in [3.05, 3.63) is 63.5 Å². The number of aromatic amines is 1. The average molecular weight is 440 g/mol. The molecule has 2 aromatic heterocycles. The lowest BCUT2D eigenvalue weighted by Gasteiger charge is -2.19. The van der Waals surface area contributed by atoms with Gasteiger partial charge in [-0.1, -0.05) is 24.3 Å². The monoisotopic (exact) mass is 439 g/mol. The standard InChI is InChI=1S/C21H18BrN3O3/c1-21(2,3)28-20(27)25-11-14(22)17-13(8-6-10-16(17)25)18-23-15-9-5-4-7-12(15)19(26)24-18/h4-11H,1-3H3,(H,23,24,26). The zero-order valence-corrected chi connectivity index (χ0v) is 17.2. The molecule has 4 aromatic rings. The highest BCUT2D eigenvalue weighted by atomic mass is 79.9. The molecular formula is C21H18BrN3O3. The quantitative estimate of drug-likeness (QED) is 0.447. The van der Waals surface area contributed by atoms with E-state index in [1.165, 1.54) is 4.57 Å². The molecule has 0 saturated heterocycles. The minimum absolute atomic E-state index is 0.208. The predicted molar refractivity (Wildman–Crippen MR) is 113 cm³/mol. The Kier molecular flexibility index (Phi) is 4.34. The molecule has 2 aromatic carbocycles. The number of nitrogens with one attached hydrogen (secondary N) is 1. The van der Waals surface area contributed by atoms with Gasteiger partial charge in [-0.2, -0.15) is 0 Å². The van der Waals surface area contributed by atoms with Crippen molar-refractivity contribution in [2.75, 3.05) is 0 Å². The maximum Gasteiger partial charge on any atom is 0.419 e. The Balaban J connectivity index is 1.93. The molecule has 0 aliphatic rings. The SMILES string of the molecule is CC(C)(C)OC(=O)n1cc(Br)c2c(-c3nc4ccccc4c(=O)[nH]3)cccc21. The number of ether oxygens (including phenoxy) is 1. The molecule has 0 saturated carbocycles. The van der Waals surface area contributed by atoms with Crippen molar-refractivity contribution in [2.24, 2.45) is 0 Å². The molecule has 0 radical (unpaired) electrons. The van der Waals surface area contributed by atoms with Crippen molar-refractivity contribution in [1.29, 1.82) is 0 Å². The van der Waals surface area contributed by atoms with Crippen LogP contribution in [0.1, 0.15) is 20.8 Å². The molecular weight excluding hydrogens is 422 g/mol. The van der Waals surface area contributed by atoms with Gasteiger partial charge < -0.3 is 9.72 Å². The number of fused-ring (bicyclic) bond motifs is 2. The Hall–Kier alpha value is -2.93. The van der Waals surface area contributed by atoms with E-state index >= 15 is 0 Å². The third-order valence-corrected chi connectivity index (χ3v) is 4.84. The summed E-state index contributed by atoms with van der Waals surface area (Å²) in [6, 6.07) is 12.7. The summed E-state index contributed by atoms with van der Waals surface area (Å²) in [4.78, 5) is 32.5. The number of H-pyrrole nitrogens is 1. The molecule has 0 aliphatic heterocycles. The Bertz CT molecular complexity index is 1280. The van der Waals surface area contributed by atoms with Crippen molar-refractivity contribution < 1.29 is 9.53 Å². The van der Waals surface area contributed by atoms with Crippen LogP contribution in [0.25, 0.3) is 33.2 Å². The molecule has 0 aliphatic carbocycles. The van der Waals surface area contributed by atoms with Crippen molar-refractivity contribution >= 4 is 43.8 Å². The van der Waals surface area contributed by atoms with E-state index in [1.54, 1.807) is 24.4 Å². The minimum atomic E-state index is -0.608. The maximum absolute atomic E-state index is 12.6. The molecule has 0 bridgehead atoms. The third kappa shape index (κ3) is 3.22. The van der Waals surface area contributed by atoms with Crippen molar-refractivity contribution in [2.45, 2.75) is 26.4 Å². The number of para-hydroxylation sites is 1. The number of benzene rings is 2. The topological polar surface area (TPSA) is 77.0 Å². The Morgan fingerprint density at radius 2 is 1.89 bits per heavy atom. The van der Waals surface area contributed by atoms with E-state index < -0.39 is 11.7 Å². The normalized spacial score (nSPS) is 11.9. The molecule has 4 rings (SSSR count). The Morgan fingerprint density at radius 3 is 2.64 bits per heavy atom. The van der Waals surface area contributed by atoms with E-state index in [1.807, 2.05) is 45.0 Å². The number of hydrogen-bond donors (Lipinski definition) is 1. The van der Waals surface area contributed by atoms with Gasteiger partial charge in [-0.05, 0) is 54.9 Å². The summed E-state index contributed by atoms with van der Waals surface area (Å²) in [5.74, 6) is 0.442. The second-order valence-corrected chi connectivity index (χ2v) is 8.31. The second kappa shape index (κ2) is 6.60. The number of rotatable bonds is 1. The van der Waals surface area contributed by atoms with Crippen molar-refractivity contribution in [1.82, 2.24) is 14.5 Å². The fraction of sp³-hybridized carbons (Fsp3) is 0.190. The van der Waals surface area contributed by atoms with Gasteiger partial charge in [0.2, 0.25) is 0 Å². The fourth-order valence-electron chi connectivity index (χ4n) is 3.11. The summed E-state index contributed by atoms with van der Waals surface area (Å²) in [6.07, 6.45) is 1.20. The highest BCUT2D eigenvalue weighted by Gasteiger charge is 2.22. The summed E-state index contributed by atoms with van der Waals surface area (Å²) in [7, 11) is 0. The summed E-state index contributed by atoms with van der Waals surface area (Å²) in [5, 5.41) is 1.30. The number of aromatic nitrogens is 3. The first-order chi connectivity index (χ1) is 13.2. The summed E-state index contributed by atoms with van der Waals surface area (Å²) in [5.41, 5.74) is 1.17. The molecule has 2 heterocycles.